The van der Waals surface area contributed by atoms with E-state index in [0.29, 0.717) is 18.5 Å². The van der Waals surface area contributed by atoms with Crippen molar-refractivity contribution in [2.45, 2.75) is 44.6 Å². The molecule has 26 heavy (non-hydrogen) atoms. The summed E-state index contributed by atoms with van der Waals surface area (Å²) >= 11 is 0. The summed E-state index contributed by atoms with van der Waals surface area (Å²) in [4.78, 5) is 40.7. The van der Waals surface area contributed by atoms with Crippen LogP contribution in [0.15, 0.2) is 18.2 Å². The van der Waals surface area contributed by atoms with E-state index < -0.39 is 0 Å². The smallest absolute Gasteiger partial charge is 0.253 e. The number of hydrogen-bond donors (Lipinski definition) is 1. The van der Waals surface area contributed by atoms with Gasteiger partial charge in [-0.1, -0.05) is 6.42 Å². The van der Waals surface area contributed by atoms with E-state index in [2.05, 4.69) is 5.32 Å². The summed E-state index contributed by atoms with van der Waals surface area (Å²) in [5.41, 5.74) is 2.30. The number of benzene rings is 1. The monoisotopic (exact) mass is 355 g/mol. The van der Waals surface area contributed by atoms with E-state index >= 15 is 0 Å². The first-order chi connectivity index (χ1) is 12.5. The quantitative estimate of drug-likeness (QED) is 0.902. The van der Waals surface area contributed by atoms with Gasteiger partial charge < -0.3 is 15.1 Å². The summed E-state index contributed by atoms with van der Waals surface area (Å²) in [5, 5.41) is 2.79. The Morgan fingerprint density at radius 1 is 1.19 bits per heavy atom. The molecule has 6 nitrogen and oxygen atoms in total. The number of piperidine rings is 1. The van der Waals surface area contributed by atoms with E-state index in [-0.39, 0.29) is 29.7 Å². The molecule has 2 heterocycles. The van der Waals surface area contributed by atoms with Gasteiger partial charge in [-0.3, -0.25) is 14.4 Å². The van der Waals surface area contributed by atoms with Crippen molar-refractivity contribution in [2.24, 2.45) is 5.92 Å². The number of hydrogen-bond acceptors (Lipinski definition) is 3. The Labute approximate surface area is 153 Å². The topological polar surface area (TPSA) is 69.7 Å². The second-order valence-corrected chi connectivity index (χ2v) is 7.72. The maximum atomic E-state index is 12.9. The van der Waals surface area contributed by atoms with E-state index in [1.54, 1.807) is 12.1 Å². The molecule has 1 N–H and O–H groups in total. The third-order valence-corrected chi connectivity index (χ3v) is 6.01. The number of carbonyl (C=O) groups is 3. The number of amides is 3. The van der Waals surface area contributed by atoms with E-state index in [0.717, 1.165) is 49.9 Å². The van der Waals surface area contributed by atoms with Crippen molar-refractivity contribution in [3.63, 3.8) is 0 Å². The third kappa shape index (κ3) is 3.08. The van der Waals surface area contributed by atoms with Crippen LogP contribution in [0.3, 0.4) is 0 Å². The fourth-order valence-corrected chi connectivity index (χ4v) is 4.12. The Morgan fingerprint density at radius 3 is 2.73 bits per heavy atom. The van der Waals surface area contributed by atoms with Crippen LogP contribution in [-0.2, 0) is 16.0 Å². The van der Waals surface area contributed by atoms with Gasteiger partial charge in [-0.15, -0.1) is 0 Å². The molecule has 0 radical (unpaired) electrons. The maximum Gasteiger partial charge on any atom is 0.253 e. The van der Waals surface area contributed by atoms with Crippen LogP contribution in [0.5, 0.6) is 0 Å². The Kier molecular flexibility index (Phi) is 4.42. The van der Waals surface area contributed by atoms with Crippen LogP contribution in [0.25, 0.3) is 0 Å². The first-order valence-corrected chi connectivity index (χ1v) is 9.51. The highest BCUT2D eigenvalue weighted by molar-refractivity contribution is 6.01. The molecule has 1 aromatic rings. The highest BCUT2D eigenvalue weighted by Crippen LogP contribution is 2.30. The van der Waals surface area contributed by atoms with Crippen LogP contribution in [0.4, 0.5) is 5.69 Å². The molecule has 2 fully saturated rings. The van der Waals surface area contributed by atoms with Crippen LogP contribution < -0.4 is 5.32 Å². The molecule has 1 aromatic carbocycles. The molecule has 0 spiro atoms. The second kappa shape index (κ2) is 6.74. The van der Waals surface area contributed by atoms with Crippen LogP contribution in [-0.4, -0.2) is 53.7 Å². The van der Waals surface area contributed by atoms with Crippen molar-refractivity contribution in [3.8, 4) is 0 Å². The average molecular weight is 355 g/mol. The van der Waals surface area contributed by atoms with Crippen molar-refractivity contribution < 1.29 is 14.4 Å². The second-order valence-electron chi connectivity index (χ2n) is 7.72. The van der Waals surface area contributed by atoms with E-state index in [9.17, 15) is 14.4 Å². The molecule has 0 bridgehead atoms. The van der Waals surface area contributed by atoms with Crippen molar-refractivity contribution >= 4 is 23.4 Å². The lowest BCUT2D eigenvalue weighted by Gasteiger charge is -2.40. The van der Waals surface area contributed by atoms with Crippen molar-refractivity contribution in [3.05, 3.63) is 29.3 Å². The molecule has 1 atom stereocenters. The van der Waals surface area contributed by atoms with E-state index in [1.165, 1.54) is 0 Å². The van der Waals surface area contributed by atoms with Crippen LogP contribution >= 0.6 is 0 Å². The molecule has 2 aliphatic heterocycles. The summed E-state index contributed by atoms with van der Waals surface area (Å²) in [6.07, 6.45) is 5.33. The van der Waals surface area contributed by atoms with Gasteiger partial charge in [0.15, 0.2) is 0 Å². The van der Waals surface area contributed by atoms with Gasteiger partial charge in [0.25, 0.3) is 5.91 Å². The molecule has 3 aliphatic rings. The number of likely N-dealkylation sites (tertiary alicyclic amines) is 1. The van der Waals surface area contributed by atoms with Gasteiger partial charge in [0.05, 0.1) is 6.42 Å². The Hall–Kier alpha value is -2.37. The zero-order chi connectivity index (χ0) is 18.3. The molecule has 1 saturated heterocycles. The van der Waals surface area contributed by atoms with E-state index in [1.807, 2.05) is 22.9 Å². The molecule has 6 heteroatoms. The first kappa shape index (κ1) is 17.1. The summed E-state index contributed by atoms with van der Waals surface area (Å²) in [6, 6.07) is 5.50. The number of fused-ring (bicyclic) bond motifs is 1. The predicted octanol–water partition coefficient (Wildman–Crippen LogP) is 2.04. The van der Waals surface area contributed by atoms with Crippen molar-refractivity contribution in [2.75, 3.05) is 25.5 Å². The van der Waals surface area contributed by atoms with Crippen LogP contribution in [0.1, 0.15) is 48.0 Å². The van der Waals surface area contributed by atoms with E-state index in [4.69, 9.17) is 0 Å². The van der Waals surface area contributed by atoms with Gasteiger partial charge in [0, 0.05) is 43.3 Å². The minimum atomic E-state index is -0.0289. The average Bonchev–Trinajstić information content (AvgIpc) is 2.98. The van der Waals surface area contributed by atoms with Gasteiger partial charge in [-0.25, -0.2) is 0 Å². The SMILES string of the molecule is CN(C(=O)C1CCC1)[C@H]1CCCN(C(=O)c2ccc3c(c2)CC(=O)N3)C1. The molecule has 0 unspecified atom stereocenters. The molecule has 1 aliphatic carbocycles. The van der Waals surface area contributed by atoms with Crippen LogP contribution in [0, 0.1) is 5.92 Å². The molecular weight excluding hydrogens is 330 g/mol. The largest absolute Gasteiger partial charge is 0.341 e. The summed E-state index contributed by atoms with van der Waals surface area (Å²) in [6.45, 7) is 1.30. The van der Waals surface area contributed by atoms with Crippen LogP contribution in [0.2, 0.25) is 0 Å². The summed E-state index contributed by atoms with van der Waals surface area (Å²) in [7, 11) is 1.88. The number of likely N-dealkylation sites (N-methyl/N-ethyl adjacent to an activating group) is 1. The fourth-order valence-electron chi connectivity index (χ4n) is 4.12. The van der Waals surface area contributed by atoms with Crippen molar-refractivity contribution in [1.82, 2.24) is 9.80 Å². The lowest BCUT2D eigenvalue weighted by Crippen LogP contribution is -2.52. The molecule has 0 aromatic heterocycles. The lowest BCUT2D eigenvalue weighted by atomic mass is 9.84. The first-order valence-electron chi connectivity index (χ1n) is 9.51. The Bertz CT molecular complexity index is 757. The Balaban J connectivity index is 1.44. The molecular formula is C20H25N3O3. The normalized spacial score (nSPS) is 22.4. The van der Waals surface area contributed by atoms with Gasteiger partial charge in [0.2, 0.25) is 11.8 Å². The Morgan fingerprint density at radius 2 is 2.00 bits per heavy atom. The van der Waals surface area contributed by atoms with Gasteiger partial charge >= 0.3 is 0 Å². The number of nitrogens with zero attached hydrogens (tertiary/aromatic N) is 2. The molecule has 1 saturated carbocycles. The molecule has 4 rings (SSSR count). The van der Waals surface area contributed by atoms with Gasteiger partial charge in [0.1, 0.15) is 0 Å². The molecule has 3 amide bonds. The standard InChI is InChI=1S/C20H25N3O3/c1-22(19(25)13-4-2-5-13)16-6-3-9-23(12-16)20(26)14-7-8-17-15(10-14)11-18(24)21-17/h7-8,10,13,16H,2-6,9,11-12H2,1H3,(H,21,24)/t16-/m0/s1. The molecule has 138 valence electrons. The number of carbonyl (C=O) groups excluding carboxylic acids is 3. The minimum Gasteiger partial charge on any atom is -0.341 e. The zero-order valence-corrected chi connectivity index (χ0v) is 15.2. The van der Waals surface area contributed by atoms with Gasteiger partial charge in [-0.05, 0) is 49.4 Å². The van der Waals surface area contributed by atoms with Crippen molar-refractivity contribution in [1.29, 1.82) is 0 Å². The summed E-state index contributed by atoms with van der Waals surface area (Å²) < 4.78 is 0. The number of rotatable bonds is 3. The summed E-state index contributed by atoms with van der Waals surface area (Å²) in [5.74, 6) is 0.380. The highest BCUT2D eigenvalue weighted by atomic mass is 16.2. The maximum absolute atomic E-state index is 12.9. The van der Waals surface area contributed by atoms with Gasteiger partial charge in [-0.2, -0.15) is 0 Å². The number of nitrogens with one attached hydrogen (secondary N) is 1. The number of anilines is 1. The highest BCUT2D eigenvalue weighted by Gasteiger charge is 2.34. The minimum absolute atomic E-state index is 0.0126. The lowest BCUT2D eigenvalue weighted by molar-refractivity contribution is -0.139. The zero-order valence-electron chi connectivity index (χ0n) is 15.2. The third-order valence-electron chi connectivity index (χ3n) is 6.01. The predicted molar refractivity (Wildman–Crippen MR) is 97.8 cm³/mol. The fraction of sp³-hybridized carbons (Fsp3) is 0.550.